The number of carboxylic acid groups (broad SMARTS) is 1. The molecule has 0 aliphatic rings. The number of carbonyl (C=O) groups is 2. The fourth-order valence-electron chi connectivity index (χ4n) is 2.66. The van der Waals surface area contributed by atoms with Gasteiger partial charge in [-0.15, -0.1) is 0 Å². The highest BCUT2D eigenvalue weighted by Gasteiger charge is 2.17. The number of aromatic carboxylic acids is 1. The zero-order chi connectivity index (χ0) is 19.5. The Morgan fingerprint density at radius 1 is 0.926 bits per heavy atom. The minimum atomic E-state index is -1.16. The molecule has 0 aliphatic heterocycles. The number of hydrogen-bond acceptors (Lipinski definition) is 4. The van der Waals surface area contributed by atoms with Gasteiger partial charge in [-0.05, 0) is 30.7 Å². The minimum absolute atomic E-state index is 0.0169. The molecule has 0 saturated heterocycles. The van der Waals surface area contributed by atoms with E-state index in [0.717, 1.165) is 12.8 Å². The van der Waals surface area contributed by atoms with Crippen molar-refractivity contribution in [1.82, 2.24) is 0 Å². The first kappa shape index (κ1) is 20.5. The molecule has 27 heavy (non-hydrogen) atoms. The van der Waals surface area contributed by atoms with Crippen LogP contribution in [0, 0.1) is 0 Å². The van der Waals surface area contributed by atoms with Crippen molar-refractivity contribution < 1.29 is 24.2 Å². The largest absolute Gasteiger partial charge is 0.493 e. The molecule has 0 bridgehead atoms. The second-order valence-electron chi connectivity index (χ2n) is 6.33. The quantitative estimate of drug-likeness (QED) is 0.328. The predicted molar refractivity (Wildman–Crippen MR) is 104 cm³/mol. The number of rotatable bonds is 11. The van der Waals surface area contributed by atoms with Gasteiger partial charge in [0.05, 0.1) is 12.2 Å². The lowest BCUT2D eigenvalue weighted by molar-refractivity contribution is 0.0681. The van der Waals surface area contributed by atoms with Crippen LogP contribution in [0.25, 0.3) is 0 Å². The average molecular weight is 370 g/mol. The summed E-state index contributed by atoms with van der Waals surface area (Å²) < 4.78 is 11.0. The van der Waals surface area contributed by atoms with Gasteiger partial charge >= 0.3 is 11.9 Å². The molecule has 0 spiro atoms. The van der Waals surface area contributed by atoms with Crippen LogP contribution in [0.4, 0.5) is 0 Å². The predicted octanol–water partition coefficient (Wildman–Crippen LogP) is 5.34. The van der Waals surface area contributed by atoms with Gasteiger partial charge in [-0.2, -0.15) is 0 Å². The highest BCUT2D eigenvalue weighted by Crippen LogP contribution is 2.26. The van der Waals surface area contributed by atoms with Crippen LogP contribution in [0.15, 0.2) is 48.5 Å². The average Bonchev–Trinajstić information content (AvgIpc) is 2.68. The van der Waals surface area contributed by atoms with Gasteiger partial charge in [-0.1, -0.05) is 57.2 Å². The Labute approximate surface area is 159 Å². The lowest BCUT2D eigenvalue weighted by Crippen LogP contribution is -2.11. The molecule has 0 heterocycles. The maximum Gasteiger partial charge on any atom is 0.343 e. The van der Waals surface area contributed by atoms with Crippen molar-refractivity contribution >= 4 is 11.9 Å². The number of carboxylic acids is 1. The van der Waals surface area contributed by atoms with E-state index in [4.69, 9.17) is 9.47 Å². The summed E-state index contributed by atoms with van der Waals surface area (Å²) in [6.07, 6.45) is 6.94. The van der Waals surface area contributed by atoms with Crippen LogP contribution in [-0.2, 0) is 0 Å². The molecule has 0 radical (unpaired) electrons. The van der Waals surface area contributed by atoms with Crippen LogP contribution in [-0.4, -0.2) is 23.7 Å². The van der Waals surface area contributed by atoms with Gasteiger partial charge in [0.15, 0.2) is 0 Å². The smallest absolute Gasteiger partial charge is 0.343 e. The topological polar surface area (TPSA) is 72.8 Å². The highest BCUT2D eigenvalue weighted by molar-refractivity contribution is 5.95. The molecule has 0 fully saturated rings. The third-order valence-corrected chi connectivity index (χ3v) is 4.16. The van der Waals surface area contributed by atoms with Crippen LogP contribution < -0.4 is 9.47 Å². The molecule has 0 amide bonds. The standard InChI is InChI=1S/C22H26O5/c1-2-3-4-5-6-10-15-26-18-13-14-19(21(23)24)20(16-18)27-22(25)17-11-8-7-9-12-17/h7-9,11-14,16H,2-6,10,15H2,1H3,(H,23,24). The fraction of sp³-hybridized carbons (Fsp3) is 0.364. The molecule has 0 aliphatic carbocycles. The lowest BCUT2D eigenvalue weighted by atomic mass is 10.1. The SMILES string of the molecule is CCCCCCCCOc1ccc(C(=O)O)c(OC(=O)c2ccccc2)c1. The van der Waals surface area contributed by atoms with Crippen molar-refractivity contribution in [3.63, 3.8) is 0 Å². The maximum absolute atomic E-state index is 12.2. The molecule has 0 saturated carbocycles. The van der Waals surface area contributed by atoms with Crippen molar-refractivity contribution in [3.8, 4) is 11.5 Å². The van der Waals surface area contributed by atoms with Crippen LogP contribution in [0.3, 0.4) is 0 Å². The fourth-order valence-corrected chi connectivity index (χ4v) is 2.66. The molecule has 144 valence electrons. The Hall–Kier alpha value is -2.82. The summed E-state index contributed by atoms with van der Waals surface area (Å²) in [4.78, 5) is 23.6. The van der Waals surface area contributed by atoms with Crippen LogP contribution >= 0.6 is 0 Å². The number of hydrogen-bond donors (Lipinski definition) is 1. The van der Waals surface area contributed by atoms with Crippen LogP contribution in [0.5, 0.6) is 11.5 Å². The van der Waals surface area contributed by atoms with Gasteiger partial charge in [0.1, 0.15) is 17.1 Å². The number of esters is 1. The van der Waals surface area contributed by atoms with E-state index in [1.807, 2.05) is 0 Å². The first-order valence-electron chi connectivity index (χ1n) is 9.39. The summed E-state index contributed by atoms with van der Waals surface area (Å²) in [5.41, 5.74) is 0.276. The summed E-state index contributed by atoms with van der Waals surface area (Å²) in [5, 5.41) is 9.32. The minimum Gasteiger partial charge on any atom is -0.493 e. The van der Waals surface area contributed by atoms with E-state index in [1.54, 1.807) is 36.4 Å². The van der Waals surface area contributed by atoms with E-state index in [1.165, 1.54) is 37.8 Å². The third-order valence-electron chi connectivity index (χ3n) is 4.16. The highest BCUT2D eigenvalue weighted by atomic mass is 16.5. The van der Waals surface area contributed by atoms with Crippen LogP contribution in [0.2, 0.25) is 0 Å². The van der Waals surface area contributed by atoms with E-state index in [-0.39, 0.29) is 11.3 Å². The second kappa shape index (κ2) is 11.0. The van der Waals surface area contributed by atoms with E-state index in [0.29, 0.717) is 17.9 Å². The Balaban J connectivity index is 1.97. The summed E-state index contributed by atoms with van der Waals surface area (Å²) in [7, 11) is 0. The van der Waals surface area contributed by atoms with Gasteiger partial charge in [0.2, 0.25) is 0 Å². The van der Waals surface area contributed by atoms with E-state index < -0.39 is 11.9 Å². The first-order valence-corrected chi connectivity index (χ1v) is 9.39. The second-order valence-corrected chi connectivity index (χ2v) is 6.33. The first-order chi connectivity index (χ1) is 13.1. The van der Waals surface area contributed by atoms with E-state index in [2.05, 4.69) is 6.92 Å². The Morgan fingerprint density at radius 2 is 1.63 bits per heavy atom. The van der Waals surface area contributed by atoms with Gasteiger partial charge in [-0.25, -0.2) is 9.59 Å². The van der Waals surface area contributed by atoms with Crippen molar-refractivity contribution in [3.05, 3.63) is 59.7 Å². The lowest BCUT2D eigenvalue weighted by Gasteiger charge is -2.11. The molecule has 2 aromatic rings. The number of benzene rings is 2. The Kier molecular flexibility index (Phi) is 8.36. The van der Waals surface area contributed by atoms with E-state index >= 15 is 0 Å². The zero-order valence-electron chi connectivity index (χ0n) is 15.6. The molecule has 5 nitrogen and oxygen atoms in total. The molecule has 0 aromatic heterocycles. The van der Waals surface area contributed by atoms with Crippen molar-refractivity contribution in [2.45, 2.75) is 45.4 Å². The van der Waals surface area contributed by atoms with Gasteiger partial charge in [0, 0.05) is 6.07 Å². The van der Waals surface area contributed by atoms with Crippen LogP contribution in [0.1, 0.15) is 66.2 Å². The summed E-state index contributed by atoms with van der Waals surface area (Å²) in [6.45, 7) is 2.73. The summed E-state index contributed by atoms with van der Waals surface area (Å²) >= 11 is 0. The summed E-state index contributed by atoms with van der Waals surface area (Å²) in [6, 6.07) is 12.9. The Bertz CT molecular complexity index is 740. The molecule has 1 N–H and O–H groups in total. The molecule has 2 rings (SSSR count). The molecule has 0 unspecified atom stereocenters. The maximum atomic E-state index is 12.2. The summed E-state index contributed by atoms with van der Waals surface area (Å²) in [5.74, 6) is -1.29. The van der Waals surface area contributed by atoms with Crippen molar-refractivity contribution in [2.24, 2.45) is 0 Å². The number of ether oxygens (including phenoxy) is 2. The molecule has 2 aromatic carbocycles. The Morgan fingerprint density at radius 3 is 2.33 bits per heavy atom. The zero-order valence-corrected chi connectivity index (χ0v) is 15.6. The molecular weight excluding hydrogens is 344 g/mol. The van der Waals surface area contributed by atoms with Gasteiger partial charge in [0.25, 0.3) is 0 Å². The van der Waals surface area contributed by atoms with Crippen molar-refractivity contribution in [2.75, 3.05) is 6.61 Å². The monoisotopic (exact) mass is 370 g/mol. The third kappa shape index (κ3) is 6.77. The molecule has 5 heteroatoms. The van der Waals surface area contributed by atoms with Gasteiger partial charge < -0.3 is 14.6 Å². The number of unbranched alkanes of at least 4 members (excludes halogenated alkanes) is 5. The van der Waals surface area contributed by atoms with Gasteiger partial charge in [-0.3, -0.25) is 0 Å². The molecular formula is C22H26O5. The van der Waals surface area contributed by atoms with Crippen molar-refractivity contribution in [1.29, 1.82) is 0 Å². The van der Waals surface area contributed by atoms with E-state index in [9.17, 15) is 14.7 Å². The molecule has 0 atom stereocenters. The number of carbonyl (C=O) groups excluding carboxylic acids is 1. The normalized spacial score (nSPS) is 10.4.